The Hall–Kier alpha value is -2.39. The van der Waals surface area contributed by atoms with Crippen LogP contribution in [0.25, 0.3) is 0 Å². The predicted molar refractivity (Wildman–Crippen MR) is 247 cm³/mol. The van der Waals surface area contributed by atoms with E-state index in [1.54, 1.807) is 0 Å². The zero-order valence-corrected chi connectivity index (χ0v) is 39.3. The highest BCUT2D eigenvalue weighted by Gasteiger charge is 2.46. The molecule has 6 atom stereocenters. The van der Waals surface area contributed by atoms with Crippen LogP contribution in [-0.4, -0.2) is 96.0 Å². The van der Waals surface area contributed by atoms with Crippen molar-refractivity contribution in [3.8, 4) is 0 Å². The van der Waals surface area contributed by atoms with E-state index >= 15 is 0 Å². The second-order valence-corrected chi connectivity index (χ2v) is 18.3. The molecule has 0 saturated carbocycles. The molecule has 0 amide bonds. The zero-order valence-electron chi connectivity index (χ0n) is 38.5. The van der Waals surface area contributed by atoms with Crippen LogP contribution < -0.4 is 0 Å². The van der Waals surface area contributed by atoms with Gasteiger partial charge in [-0.2, -0.15) is 8.42 Å². The van der Waals surface area contributed by atoms with Gasteiger partial charge in [-0.05, 0) is 77.0 Å². The van der Waals surface area contributed by atoms with E-state index in [1.165, 1.54) is 77.0 Å². The molecule has 0 bridgehead atoms. The normalized spacial score (nSPS) is 20.3. The smallest absolute Gasteiger partial charge is 0.306 e. The van der Waals surface area contributed by atoms with Crippen LogP contribution in [0.2, 0.25) is 0 Å². The Labute approximate surface area is 375 Å². The summed E-state index contributed by atoms with van der Waals surface area (Å²) >= 11 is 0. The van der Waals surface area contributed by atoms with E-state index < -0.39 is 71.2 Å². The van der Waals surface area contributed by atoms with Gasteiger partial charge in [0, 0.05) is 12.8 Å². The number of esters is 2. The van der Waals surface area contributed by atoms with E-state index in [2.05, 4.69) is 62.5 Å². The molecule has 0 aromatic heterocycles. The molecule has 0 spiro atoms. The number of rotatable bonds is 40. The average molecular weight is 899 g/mol. The summed E-state index contributed by atoms with van der Waals surface area (Å²) in [5, 5.41) is 30.9. The van der Waals surface area contributed by atoms with Gasteiger partial charge in [0.1, 0.15) is 36.8 Å². The maximum Gasteiger partial charge on any atom is 0.306 e. The summed E-state index contributed by atoms with van der Waals surface area (Å²) in [5.74, 6) is -2.01. The van der Waals surface area contributed by atoms with Crippen molar-refractivity contribution in [3.05, 3.63) is 48.6 Å². The Balaban J connectivity index is 2.41. The fraction of sp³-hybridized carbons (Fsp3) is 0.796. The third-order valence-corrected chi connectivity index (χ3v) is 11.6. The first-order chi connectivity index (χ1) is 30.0. The van der Waals surface area contributed by atoms with Gasteiger partial charge in [-0.15, -0.1) is 0 Å². The number of carbonyl (C=O) groups is 2. The van der Waals surface area contributed by atoms with Crippen LogP contribution in [0.5, 0.6) is 0 Å². The second-order valence-electron chi connectivity index (χ2n) is 16.8. The number of ether oxygens (including phenoxy) is 4. The predicted octanol–water partition coefficient (Wildman–Crippen LogP) is 10.3. The van der Waals surface area contributed by atoms with Gasteiger partial charge in [0.05, 0.1) is 6.61 Å². The number of hydrogen-bond donors (Lipinski definition) is 4. The van der Waals surface area contributed by atoms with Gasteiger partial charge in [0.25, 0.3) is 10.1 Å². The largest absolute Gasteiger partial charge is 0.462 e. The lowest BCUT2D eigenvalue weighted by Crippen LogP contribution is -2.60. The van der Waals surface area contributed by atoms with Crippen molar-refractivity contribution < 1.29 is 56.8 Å². The SMILES string of the molecule is CCCCC/C=C/C/C=C/CCCCCCCCCCCC(=O)OC[C@H](CO[C@H]1O[C@H](CS(=O)(=O)O)[C@@H](O)C(O)C1O)OC(=O)CCCCCCC/C=C/C/C=C/CCCCC. The van der Waals surface area contributed by atoms with Gasteiger partial charge in [-0.25, -0.2) is 0 Å². The quantitative estimate of drug-likeness (QED) is 0.0198. The molecule has 1 aliphatic rings. The molecule has 0 aromatic carbocycles. The third-order valence-electron chi connectivity index (χ3n) is 10.9. The molecular weight excluding hydrogens is 813 g/mol. The number of unbranched alkanes of at least 4 members (excludes halogenated alkanes) is 20. The maximum absolute atomic E-state index is 12.8. The monoisotopic (exact) mass is 899 g/mol. The van der Waals surface area contributed by atoms with Gasteiger partial charge < -0.3 is 34.3 Å². The first-order valence-corrected chi connectivity index (χ1v) is 25.8. The molecule has 2 unspecified atom stereocenters. The first kappa shape index (κ1) is 57.6. The standard InChI is InChI=1S/C49H86O12S/c1-3-5-7-9-11-13-15-17-19-20-21-22-24-25-27-29-31-33-35-37-44(50)58-39-42(40-59-49-48(54)47(53)46(52)43(61-49)41-62(55,56)57)60-45(51)38-36-34-32-30-28-26-23-18-16-14-12-10-8-6-4-2/h11-14,17-19,23,42-43,46-49,52-54H,3-10,15-16,20-22,24-41H2,1-2H3,(H,55,56,57)/b13-11+,14-12+,19-17+,23-18+/t42-,43-,46-,47?,48?,49+/m1/s1. The van der Waals surface area contributed by atoms with Gasteiger partial charge in [-0.1, -0.05) is 152 Å². The lowest BCUT2D eigenvalue weighted by molar-refractivity contribution is -0.297. The van der Waals surface area contributed by atoms with Gasteiger partial charge in [0.15, 0.2) is 12.4 Å². The summed E-state index contributed by atoms with van der Waals surface area (Å²) in [4.78, 5) is 25.5. The van der Waals surface area contributed by atoms with Crippen molar-refractivity contribution in [2.45, 2.75) is 230 Å². The number of aliphatic hydroxyl groups excluding tert-OH is 3. The molecule has 360 valence electrons. The highest BCUT2D eigenvalue weighted by Crippen LogP contribution is 2.24. The van der Waals surface area contributed by atoms with Crippen molar-refractivity contribution in [2.75, 3.05) is 19.0 Å². The highest BCUT2D eigenvalue weighted by atomic mass is 32.2. The minimum absolute atomic E-state index is 0.146. The molecule has 4 N–H and O–H groups in total. The van der Waals surface area contributed by atoms with Crippen molar-refractivity contribution in [1.82, 2.24) is 0 Å². The van der Waals surface area contributed by atoms with Crippen LogP contribution in [0.4, 0.5) is 0 Å². The molecule has 1 heterocycles. The molecular formula is C49H86O12S. The molecule has 1 aliphatic heterocycles. The van der Waals surface area contributed by atoms with Crippen LogP contribution >= 0.6 is 0 Å². The van der Waals surface area contributed by atoms with E-state index in [1.807, 2.05) is 0 Å². The second kappa shape index (κ2) is 39.0. The molecule has 13 heteroatoms. The van der Waals surface area contributed by atoms with Gasteiger partial charge in [0.2, 0.25) is 0 Å². The average Bonchev–Trinajstić information content (AvgIpc) is 3.24. The van der Waals surface area contributed by atoms with Crippen molar-refractivity contribution in [2.24, 2.45) is 0 Å². The highest BCUT2D eigenvalue weighted by molar-refractivity contribution is 7.85. The van der Waals surface area contributed by atoms with Gasteiger partial charge >= 0.3 is 11.9 Å². The van der Waals surface area contributed by atoms with E-state index in [-0.39, 0.29) is 19.4 Å². The lowest BCUT2D eigenvalue weighted by atomic mass is 10.00. The minimum Gasteiger partial charge on any atom is -0.462 e. The van der Waals surface area contributed by atoms with Gasteiger partial charge in [-0.3, -0.25) is 14.1 Å². The first-order valence-electron chi connectivity index (χ1n) is 24.2. The van der Waals surface area contributed by atoms with E-state index in [4.69, 9.17) is 18.9 Å². The topological polar surface area (TPSA) is 186 Å². The summed E-state index contributed by atoms with van der Waals surface area (Å²) < 4.78 is 54.1. The van der Waals surface area contributed by atoms with Crippen LogP contribution in [0.15, 0.2) is 48.6 Å². The van der Waals surface area contributed by atoms with Crippen molar-refractivity contribution in [1.29, 1.82) is 0 Å². The summed E-state index contributed by atoms with van der Waals surface area (Å²) in [6, 6.07) is 0. The summed E-state index contributed by atoms with van der Waals surface area (Å²) in [5.41, 5.74) is 0. The Morgan fingerprint density at radius 1 is 0.548 bits per heavy atom. The fourth-order valence-corrected chi connectivity index (χ4v) is 7.78. The van der Waals surface area contributed by atoms with E-state index in [0.717, 1.165) is 77.0 Å². The van der Waals surface area contributed by atoms with Crippen LogP contribution in [0.3, 0.4) is 0 Å². The molecule has 62 heavy (non-hydrogen) atoms. The minimum atomic E-state index is -4.61. The van der Waals surface area contributed by atoms with E-state index in [0.29, 0.717) is 12.8 Å². The maximum atomic E-state index is 12.8. The molecule has 0 aromatic rings. The Bertz CT molecular complexity index is 1330. The Kier molecular flexibility index (Phi) is 36.3. The number of allylic oxidation sites excluding steroid dienone is 8. The molecule has 0 aliphatic carbocycles. The third kappa shape index (κ3) is 33.2. The van der Waals surface area contributed by atoms with E-state index in [9.17, 15) is 37.9 Å². The Morgan fingerprint density at radius 2 is 0.968 bits per heavy atom. The van der Waals surface area contributed by atoms with Crippen LogP contribution in [-0.2, 0) is 38.7 Å². The lowest BCUT2D eigenvalue weighted by Gasteiger charge is -2.40. The summed E-state index contributed by atoms with van der Waals surface area (Å²) in [6.07, 6.45) is 37.2. The molecule has 0 radical (unpaired) electrons. The summed E-state index contributed by atoms with van der Waals surface area (Å²) in [7, 11) is -4.61. The van der Waals surface area contributed by atoms with Crippen molar-refractivity contribution >= 4 is 22.1 Å². The molecule has 1 rings (SSSR count). The number of carbonyl (C=O) groups excluding carboxylic acids is 2. The zero-order chi connectivity index (χ0) is 45.5. The molecule has 1 saturated heterocycles. The van der Waals surface area contributed by atoms with Crippen molar-refractivity contribution in [3.63, 3.8) is 0 Å². The van der Waals surface area contributed by atoms with Crippen LogP contribution in [0, 0.1) is 0 Å². The summed E-state index contributed by atoms with van der Waals surface area (Å²) in [6.45, 7) is 3.70. The number of aliphatic hydroxyl groups is 3. The molecule has 12 nitrogen and oxygen atoms in total. The molecule has 1 fully saturated rings. The van der Waals surface area contributed by atoms with Crippen LogP contribution in [0.1, 0.15) is 194 Å². The fourth-order valence-electron chi connectivity index (χ4n) is 7.09. The number of hydrogen-bond acceptors (Lipinski definition) is 11. The Morgan fingerprint density at radius 3 is 1.42 bits per heavy atom.